The zero-order chi connectivity index (χ0) is 70.1. The van der Waals surface area contributed by atoms with Gasteiger partial charge in [0.2, 0.25) is 59.1 Å². The zero-order valence-electron chi connectivity index (χ0n) is 54.0. The minimum absolute atomic E-state index is 0.0661. The first-order valence-electron chi connectivity index (χ1n) is 30.6. The average Bonchev–Trinajstić information content (AvgIpc) is 1.38. The Morgan fingerprint density at radius 3 is 1.46 bits per heavy atom. The lowest BCUT2D eigenvalue weighted by Gasteiger charge is -2.48. The Morgan fingerprint density at radius 2 is 0.978 bits per heavy atom. The molecule has 35 nitrogen and oxygen atoms in total. The molecule has 3 aliphatic rings. The number of rotatable bonds is 33. The second kappa shape index (κ2) is 36.0. The van der Waals surface area contributed by atoms with E-state index in [2.05, 4.69) is 47.9 Å². The Morgan fingerprint density at radius 1 is 0.543 bits per heavy atom. The van der Waals surface area contributed by atoms with Crippen LogP contribution in [-0.4, -0.2) is 264 Å². The summed E-state index contributed by atoms with van der Waals surface area (Å²) in [6, 6.07) is -14.9. The standard InChI is InChI=1S/C57H97N11O24/c1-21(2)36(51(83)61-26(10)47(79)63-30(55(87)88)16-17-34(72)73)65-53(85)38(23(5)6)66-52(84)37(22(3)4)64-48(80)27(11)59-46(78)25(9)60-49(81)31-15-14-18-68(31)54(86)39(24(7)8)67-50(82)35(58)28(12)89-56-40(62-29(13)71)45(42(75)33(20-70)90-56)92-57-44(77)43(76)41(74)32(19-69)91-57/h21-28,30-33,35-45,56-57,69-70,74-77H,14-20,58H2,1-13H3,(H,59,78)(H,60,81)(H,61,83)(H,62,71)(H,63,79)(H,64,80)(H,65,85)(H,66,84)(H,67,82)(H,72,73)(H,87,88)/t25?,26-,27-,28?,30?,31-,32?,33?,35-,36?,37?,38-,39?,40?,41-,42-,43?,44-,45+,56-,57-/m0/s1. The van der Waals surface area contributed by atoms with Crippen molar-refractivity contribution in [2.75, 3.05) is 19.8 Å². The summed E-state index contributed by atoms with van der Waals surface area (Å²) in [7, 11) is 0. The van der Waals surface area contributed by atoms with E-state index in [4.69, 9.17) is 29.8 Å². The normalized spacial score (nSPS) is 26.5. The number of hydrogen-bond donors (Lipinski definition) is 18. The van der Waals surface area contributed by atoms with Gasteiger partial charge in [0.1, 0.15) is 109 Å². The van der Waals surface area contributed by atoms with Gasteiger partial charge in [-0.05, 0) is 70.6 Å². The van der Waals surface area contributed by atoms with Crippen LogP contribution in [0.1, 0.15) is 116 Å². The number of amides is 10. The van der Waals surface area contributed by atoms with E-state index in [1.54, 1.807) is 55.4 Å². The highest BCUT2D eigenvalue weighted by molar-refractivity contribution is 5.98. The van der Waals surface area contributed by atoms with Crippen LogP contribution in [0.2, 0.25) is 0 Å². The molecule has 21 atom stereocenters. The van der Waals surface area contributed by atoms with E-state index in [0.717, 1.165) is 6.92 Å². The highest BCUT2D eigenvalue weighted by atomic mass is 16.7. The molecule has 3 aliphatic heterocycles. The number of carbonyl (C=O) groups excluding carboxylic acids is 10. The van der Waals surface area contributed by atoms with Gasteiger partial charge in [0.05, 0.1) is 19.3 Å². The first-order chi connectivity index (χ1) is 42.8. The van der Waals surface area contributed by atoms with Gasteiger partial charge in [-0.25, -0.2) is 4.79 Å². The van der Waals surface area contributed by atoms with Gasteiger partial charge in [-0.1, -0.05) is 55.4 Å². The van der Waals surface area contributed by atoms with Gasteiger partial charge in [0.25, 0.3) is 0 Å². The molecule has 0 aliphatic carbocycles. The molecule has 3 saturated heterocycles. The molecule has 10 unspecified atom stereocenters. The SMILES string of the molecule is CC(=O)NC1[C@@H](OC(C)[C@H](N)C(=O)NC(C(=O)N2CCC[C@H]2C(=O)NC(C)C(=O)N[C@@H](C)C(=O)NC(C(=O)N[C@H](C(=O)NC(C(=O)N[C@@H](C)C(=O)NC(CCC(=O)O)C(=O)O)C(C)C)C(C)C)C(C)C)C(C)C)OC(CO)[C@H](O)[C@@H]1O[C@@H]1OC(CO)[C@H](O)C(O)[C@@H]1O. The van der Waals surface area contributed by atoms with Gasteiger partial charge < -0.3 is 118 Å². The third kappa shape index (κ3) is 21.9. The fraction of sp³-hybridized carbons (Fsp3) is 0.789. The monoisotopic (exact) mass is 1320 g/mol. The molecule has 0 aromatic rings. The summed E-state index contributed by atoms with van der Waals surface area (Å²) in [5, 5.41) is 103. The molecule has 3 rings (SSSR count). The number of aliphatic hydroxyl groups excluding tert-OH is 6. The third-order valence-electron chi connectivity index (χ3n) is 15.8. The summed E-state index contributed by atoms with van der Waals surface area (Å²) in [5.41, 5.74) is 6.39. The second-order valence-corrected chi connectivity index (χ2v) is 24.7. The highest BCUT2D eigenvalue weighted by Crippen LogP contribution is 2.31. The van der Waals surface area contributed by atoms with Crippen LogP contribution < -0.4 is 53.6 Å². The smallest absolute Gasteiger partial charge is 0.326 e. The Bertz CT molecular complexity index is 2580. The van der Waals surface area contributed by atoms with Gasteiger partial charge in [0.15, 0.2) is 12.6 Å². The van der Waals surface area contributed by atoms with Gasteiger partial charge in [-0.3, -0.25) is 52.7 Å². The maximum Gasteiger partial charge on any atom is 0.326 e. The quantitative estimate of drug-likeness (QED) is 0.0290. The Balaban J connectivity index is 1.65. The topological polar surface area (TPSA) is 541 Å². The zero-order valence-corrected chi connectivity index (χ0v) is 54.0. The molecule has 0 radical (unpaired) electrons. The van der Waals surface area contributed by atoms with E-state index >= 15 is 0 Å². The van der Waals surface area contributed by atoms with Gasteiger partial charge in [-0.2, -0.15) is 0 Å². The van der Waals surface area contributed by atoms with E-state index < -0.39 is 249 Å². The molecule has 10 amide bonds. The predicted octanol–water partition coefficient (Wildman–Crippen LogP) is -7.01. The molecule has 0 aromatic heterocycles. The molecule has 3 fully saturated rings. The Hall–Kier alpha value is -6.80. The number of carboxylic acid groups (broad SMARTS) is 2. The molecule has 3 heterocycles. The number of carboxylic acids is 2. The lowest BCUT2D eigenvalue weighted by molar-refractivity contribution is -0.347. The van der Waals surface area contributed by atoms with Crippen LogP contribution in [0, 0.1) is 23.7 Å². The van der Waals surface area contributed by atoms with Crippen LogP contribution in [0.4, 0.5) is 0 Å². The highest BCUT2D eigenvalue weighted by Gasteiger charge is 2.53. The molecule has 0 aromatic carbocycles. The summed E-state index contributed by atoms with van der Waals surface area (Å²) in [6.07, 6.45) is -17.2. The minimum atomic E-state index is -1.94. The number of aliphatic carboxylic acids is 2. The van der Waals surface area contributed by atoms with Crippen LogP contribution in [0.5, 0.6) is 0 Å². The fourth-order valence-corrected chi connectivity index (χ4v) is 10.2. The van der Waals surface area contributed by atoms with Crippen LogP contribution >= 0.6 is 0 Å². The number of nitrogens with zero attached hydrogens (tertiary/aromatic N) is 1. The maximum absolute atomic E-state index is 14.3. The molecule has 0 bridgehead atoms. The summed E-state index contributed by atoms with van der Waals surface area (Å²) >= 11 is 0. The first kappa shape index (κ1) is 79.4. The number of aliphatic hydroxyl groups is 6. The number of hydrogen-bond acceptors (Lipinski definition) is 23. The van der Waals surface area contributed by atoms with Gasteiger partial charge in [-0.15, -0.1) is 0 Å². The fourth-order valence-electron chi connectivity index (χ4n) is 10.2. The number of likely N-dealkylation sites (tertiary alicyclic amines) is 1. The summed E-state index contributed by atoms with van der Waals surface area (Å²) in [5.74, 6) is -13.3. The van der Waals surface area contributed by atoms with Crippen LogP contribution in [0.25, 0.3) is 0 Å². The van der Waals surface area contributed by atoms with Crippen LogP contribution in [0.3, 0.4) is 0 Å². The number of nitrogens with one attached hydrogen (secondary N) is 9. The molecule has 92 heavy (non-hydrogen) atoms. The van der Waals surface area contributed by atoms with E-state index in [1.807, 2.05) is 0 Å². The van der Waals surface area contributed by atoms with E-state index in [1.165, 1.54) is 32.6 Å². The average molecular weight is 1320 g/mol. The molecule has 35 heteroatoms. The molecule has 19 N–H and O–H groups in total. The largest absolute Gasteiger partial charge is 0.481 e. The number of ether oxygens (including phenoxy) is 4. The van der Waals surface area contributed by atoms with E-state index in [0.29, 0.717) is 6.42 Å². The minimum Gasteiger partial charge on any atom is -0.481 e. The van der Waals surface area contributed by atoms with Crippen molar-refractivity contribution in [1.82, 2.24) is 52.8 Å². The van der Waals surface area contributed by atoms with Crippen molar-refractivity contribution in [3.8, 4) is 0 Å². The van der Waals surface area contributed by atoms with Gasteiger partial charge >= 0.3 is 11.9 Å². The molecule has 0 saturated carbocycles. The van der Waals surface area contributed by atoms with Crippen molar-refractivity contribution in [2.45, 2.75) is 244 Å². The summed E-state index contributed by atoms with van der Waals surface area (Å²) in [4.78, 5) is 159. The first-order valence-corrected chi connectivity index (χ1v) is 30.6. The second-order valence-electron chi connectivity index (χ2n) is 24.7. The van der Waals surface area contributed by atoms with Crippen molar-refractivity contribution in [3.05, 3.63) is 0 Å². The third-order valence-corrected chi connectivity index (χ3v) is 15.8. The van der Waals surface area contributed by atoms with Crippen molar-refractivity contribution in [3.63, 3.8) is 0 Å². The van der Waals surface area contributed by atoms with Gasteiger partial charge in [0, 0.05) is 19.9 Å². The maximum atomic E-state index is 14.3. The van der Waals surface area contributed by atoms with Crippen molar-refractivity contribution >= 4 is 71.0 Å². The molecular weight excluding hydrogens is 1220 g/mol. The Kier molecular flexibility index (Phi) is 31.1. The van der Waals surface area contributed by atoms with Crippen LogP contribution in [0.15, 0.2) is 0 Å². The van der Waals surface area contributed by atoms with Crippen LogP contribution in [-0.2, 0) is 76.5 Å². The Labute approximate surface area is 532 Å². The summed E-state index contributed by atoms with van der Waals surface area (Å²) in [6.45, 7) is 17.6. The van der Waals surface area contributed by atoms with E-state index in [-0.39, 0.29) is 13.0 Å². The van der Waals surface area contributed by atoms with E-state index in [9.17, 15) is 93.3 Å². The molecule has 0 spiro atoms. The number of nitrogens with two attached hydrogens (primary N) is 1. The lowest BCUT2D eigenvalue weighted by Crippen LogP contribution is -2.68. The lowest BCUT2D eigenvalue weighted by atomic mass is 9.95. The van der Waals surface area contributed by atoms with Crippen molar-refractivity contribution in [2.24, 2.45) is 29.4 Å². The predicted molar refractivity (Wildman–Crippen MR) is 318 cm³/mol. The summed E-state index contributed by atoms with van der Waals surface area (Å²) < 4.78 is 23.1. The van der Waals surface area contributed by atoms with Crippen molar-refractivity contribution in [1.29, 1.82) is 0 Å². The number of carbonyl (C=O) groups is 12. The molecule has 524 valence electrons. The molecular formula is C57H97N11O24. The van der Waals surface area contributed by atoms with Crippen molar-refractivity contribution < 1.29 is 117 Å².